The Balaban J connectivity index is 3.06. The first-order valence-electron chi connectivity index (χ1n) is 5.77. The van der Waals surface area contributed by atoms with E-state index in [1.807, 2.05) is 0 Å². The molecule has 1 N–H and O–H groups in total. The lowest BCUT2D eigenvalue weighted by molar-refractivity contribution is -0.141. The van der Waals surface area contributed by atoms with Crippen molar-refractivity contribution >= 4 is 31.9 Å². The van der Waals surface area contributed by atoms with Crippen LogP contribution < -0.4 is 0 Å². The van der Waals surface area contributed by atoms with Gasteiger partial charge in [-0.3, -0.25) is 4.79 Å². The largest absolute Gasteiger partial charge is 0.481 e. The number of rotatable bonds is 6. The normalized spacial score (nSPS) is 13.5. The Morgan fingerprint density at radius 2 is 2.11 bits per heavy atom. The van der Waals surface area contributed by atoms with Crippen molar-refractivity contribution in [3.8, 4) is 0 Å². The first-order valence-corrected chi connectivity index (χ1v) is 8.01. The first-order chi connectivity index (χ1) is 8.78. The number of aliphatic carboxylic acids is 1. The third-order valence-corrected chi connectivity index (χ3v) is 5.12. The van der Waals surface area contributed by atoms with Crippen molar-refractivity contribution in [1.82, 2.24) is 4.31 Å². The molecule has 0 fully saturated rings. The number of sulfonamides is 1. The summed E-state index contributed by atoms with van der Waals surface area (Å²) in [7, 11) is -3.66. The number of hydrogen-bond donors (Lipinski definition) is 1. The lowest BCUT2D eigenvalue weighted by Crippen LogP contribution is -2.36. The minimum atomic E-state index is -3.66. The number of carboxylic acids is 1. The van der Waals surface area contributed by atoms with Crippen molar-refractivity contribution in [2.75, 3.05) is 13.1 Å². The van der Waals surface area contributed by atoms with Crippen molar-refractivity contribution < 1.29 is 18.3 Å². The van der Waals surface area contributed by atoms with E-state index in [2.05, 4.69) is 15.9 Å². The Hall–Kier alpha value is -0.920. The SMILES string of the molecule is CCN(CC(C)C(=O)O)S(=O)(=O)c1cccc(Br)c1. The quantitative estimate of drug-likeness (QED) is 0.853. The van der Waals surface area contributed by atoms with Gasteiger partial charge >= 0.3 is 5.97 Å². The predicted molar refractivity (Wildman–Crippen MR) is 75.4 cm³/mol. The Bertz CT molecular complexity index is 559. The number of halogens is 1. The fourth-order valence-corrected chi connectivity index (χ4v) is 3.69. The number of nitrogens with zero attached hydrogens (tertiary/aromatic N) is 1. The van der Waals surface area contributed by atoms with E-state index in [1.54, 1.807) is 19.1 Å². The van der Waals surface area contributed by atoms with Crippen LogP contribution in [0.1, 0.15) is 13.8 Å². The average Bonchev–Trinajstić information content (AvgIpc) is 2.35. The summed E-state index contributed by atoms with van der Waals surface area (Å²) < 4.78 is 26.6. The molecule has 1 rings (SSSR count). The number of carbonyl (C=O) groups is 1. The molecule has 0 aromatic heterocycles. The van der Waals surface area contributed by atoms with Crippen LogP contribution in [0, 0.1) is 5.92 Å². The Morgan fingerprint density at radius 1 is 1.47 bits per heavy atom. The summed E-state index contributed by atoms with van der Waals surface area (Å²) in [5.74, 6) is -1.76. The molecule has 5 nitrogen and oxygen atoms in total. The summed E-state index contributed by atoms with van der Waals surface area (Å²) >= 11 is 3.22. The fraction of sp³-hybridized carbons (Fsp3) is 0.417. The van der Waals surface area contributed by atoms with Crippen LogP contribution in [0.4, 0.5) is 0 Å². The number of carboxylic acid groups (broad SMARTS) is 1. The van der Waals surface area contributed by atoms with E-state index >= 15 is 0 Å². The zero-order valence-corrected chi connectivity index (χ0v) is 13.1. The minimum absolute atomic E-state index is 0.0410. The van der Waals surface area contributed by atoms with Crippen LogP contribution in [-0.4, -0.2) is 36.9 Å². The highest BCUT2D eigenvalue weighted by Crippen LogP contribution is 2.20. The summed E-state index contributed by atoms with van der Waals surface area (Å²) in [6.45, 7) is 3.36. The third-order valence-electron chi connectivity index (χ3n) is 2.69. The molecule has 106 valence electrons. The first kappa shape index (κ1) is 16.1. The van der Waals surface area contributed by atoms with Crippen LogP contribution in [0.25, 0.3) is 0 Å². The Morgan fingerprint density at radius 3 is 2.58 bits per heavy atom. The molecule has 0 aliphatic heterocycles. The number of hydrogen-bond acceptors (Lipinski definition) is 3. The van der Waals surface area contributed by atoms with Gasteiger partial charge in [0.15, 0.2) is 0 Å². The molecule has 0 aliphatic rings. The van der Waals surface area contributed by atoms with Gasteiger partial charge in [0.05, 0.1) is 10.8 Å². The molecular formula is C12H16BrNO4S. The van der Waals surface area contributed by atoms with Crippen molar-refractivity contribution in [2.24, 2.45) is 5.92 Å². The van der Waals surface area contributed by atoms with Crippen LogP contribution in [0.3, 0.4) is 0 Å². The maximum absolute atomic E-state index is 12.4. The van der Waals surface area contributed by atoms with E-state index in [0.717, 1.165) is 0 Å². The second kappa shape index (κ2) is 6.49. The second-order valence-electron chi connectivity index (χ2n) is 4.15. The molecule has 1 aromatic rings. The van der Waals surface area contributed by atoms with Crippen molar-refractivity contribution in [1.29, 1.82) is 0 Å². The van der Waals surface area contributed by atoms with Gasteiger partial charge in [0.25, 0.3) is 0 Å². The molecule has 0 aliphatic carbocycles. The van der Waals surface area contributed by atoms with Gasteiger partial charge in [-0.15, -0.1) is 0 Å². The van der Waals surface area contributed by atoms with Gasteiger partial charge in [-0.1, -0.05) is 35.8 Å². The van der Waals surface area contributed by atoms with E-state index in [-0.39, 0.29) is 18.0 Å². The maximum Gasteiger partial charge on any atom is 0.307 e. The molecule has 0 spiro atoms. The molecule has 0 amide bonds. The van der Waals surface area contributed by atoms with Gasteiger partial charge in [-0.05, 0) is 18.2 Å². The number of benzene rings is 1. The molecule has 0 saturated carbocycles. The van der Waals surface area contributed by atoms with Gasteiger partial charge < -0.3 is 5.11 Å². The van der Waals surface area contributed by atoms with Crippen molar-refractivity contribution in [2.45, 2.75) is 18.7 Å². The highest BCUT2D eigenvalue weighted by atomic mass is 79.9. The molecular weight excluding hydrogens is 334 g/mol. The zero-order chi connectivity index (χ0) is 14.6. The molecule has 0 heterocycles. The van der Waals surface area contributed by atoms with Gasteiger partial charge in [0, 0.05) is 17.6 Å². The van der Waals surface area contributed by atoms with E-state index in [9.17, 15) is 13.2 Å². The molecule has 1 unspecified atom stereocenters. The van der Waals surface area contributed by atoms with Gasteiger partial charge in [0.1, 0.15) is 0 Å². The van der Waals surface area contributed by atoms with Crippen molar-refractivity contribution in [3.05, 3.63) is 28.7 Å². The average molecular weight is 350 g/mol. The van der Waals surface area contributed by atoms with Crippen LogP contribution in [-0.2, 0) is 14.8 Å². The van der Waals surface area contributed by atoms with Crippen LogP contribution >= 0.6 is 15.9 Å². The minimum Gasteiger partial charge on any atom is -0.481 e. The van der Waals surface area contributed by atoms with E-state index in [1.165, 1.54) is 23.4 Å². The summed E-state index contributed by atoms with van der Waals surface area (Å²) in [6.07, 6.45) is 0. The zero-order valence-electron chi connectivity index (χ0n) is 10.7. The van der Waals surface area contributed by atoms with Crippen LogP contribution in [0.5, 0.6) is 0 Å². The Labute approximate surface area is 121 Å². The van der Waals surface area contributed by atoms with Crippen LogP contribution in [0.15, 0.2) is 33.6 Å². The lowest BCUT2D eigenvalue weighted by Gasteiger charge is -2.22. The summed E-state index contributed by atoms with van der Waals surface area (Å²) in [5.41, 5.74) is 0. The fourth-order valence-electron chi connectivity index (χ4n) is 1.56. The highest BCUT2D eigenvalue weighted by Gasteiger charge is 2.26. The second-order valence-corrected chi connectivity index (χ2v) is 7.01. The standard InChI is InChI=1S/C12H16BrNO4S/c1-3-14(8-9(2)12(15)16)19(17,18)11-6-4-5-10(13)7-11/h4-7,9H,3,8H2,1-2H3,(H,15,16). The monoisotopic (exact) mass is 349 g/mol. The van der Waals surface area contributed by atoms with Crippen LogP contribution in [0.2, 0.25) is 0 Å². The van der Waals surface area contributed by atoms with Gasteiger partial charge in [-0.2, -0.15) is 4.31 Å². The molecule has 19 heavy (non-hydrogen) atoms. The summed E-state index contributed by atoms with van der Waals surface area (Å²) in [5, 5.41) is 8.88. The van der Waals surface area contributed by atoms with E-state index in [0.29, 0.717) is 4.47 Å². The maximum atomic E-state index is 12.4. The predicted octanol–water partition coefficient (Wildman–Crippen LogP) is 2.18. The van der Waals surface area contributed by atoms with Gasteiger partial charge in [0.2, 0.25) is 10.0 Å². The lowest BCUT2D eigenvalue weighted by atomic mass is 10.2. The molecule has 1 aromatic carbocycles. The summed E-state index contributed by atoms with van der Waals surface area (Å²) in [4.78, 5) is 11.0. The highest BCUT2D eigenvalue weighted by molar-refractivity contribution is 9.10. The molecule has 0 radical (unpaired) electrons. The molecule has 7 heteroatoms. The van der Waals surface area contributed by atoms with E-state index < -0.39 is 21.9 Å². The molecule has 0 bridgehead atoms. The Kier molecular flexibility index (Phi) is 5.51. The topological polar surface area (TPSA) is 74.7 Å². The van der Waals surface area contributed by atoms with Gasteiger partial charge in [-0.25, -0.2) is 8.42 Å². The molecule has 0 saturated heterocycles. The smallest absolute Gasteiger partial charge is 0.307 e. The van der Waals surface area contributed by atoms with E-state index in [4.69, 9.17) is 5.11 Å². The van der Waals surface area contributed by atoms with Crippen molar-refractivity contribution in [3.63, 3.8) is 0 Å². The molecule has 1 atom stereocenters. The summed E-state index contributed by atoms with van der Waals surface area (Å²) in [6, 6.07) is 6.36. The third kappa shape index (κ3) is 4.02.